The highest BCUT2D eigenvalue weighted by Crippen LogP contribution is 2.25. The summed E-state index contributed by atoms with van der Waals surface area (Å²) in [6.07, 6.45) is -0.715. The van der Waals surface area contributed by atoms with Crippen molar-refractivity contribution in [3.05, 3.63) is 65.5 Å². The van der Waals surface area contributed by atoms with Crippen LogP contribution in [0.25, 0.3) is 0 Å². The number of aliphatic hydroxyl groups excluding tert-OH is 1. The molecule has 0 saturated carbocycles. The van der Waals surface area contributed by atoms with Gasteiger partial charge in [0.15, 0.2) is 0 Å². The first-order valence-corrected chi connectivity index (χ1v) is 6.31. The molecule has 0 aromatic heterocycles. The summed E-state index contributed by atoms with van der Waals surface area (Å²) >= 11 is 0. The fraction of sp³-hybridized carbons (Fsp3) is 0.176. The van der Waals surface area contributed by atoms with Crippen molar-refractivity contribution in [3.8, 4) is 17.6 Å². The molecule has 0 radical (unpaired) electrons. The molecule has 20 heavy (non-hydrogen) atoms. The van der Waals surface area contributed by atoms with Gasteiger partial charge in [-0.3, -0.25) is 0 Å². The van der Waals surface area contributed by atoms with E-state index in [-0.39, 0.29) is 6.61 Å². The molecule has 0 bridgehead atoms. The van der Waals surface area contributed by atoms with Gasteiger partial charge < -0.3 is 9.84 Å². The minimum absolute atomic E-state index is 0.137. The lowest BCUT2D eigenvalue weighted by Gasteiger charge is -2.11. The van der Waals surface area contributed by atoms with Crippen LogP contribution in [0.3, 0.4) is 0 Å². The van der Waals surface area contributed by atoms with Crippen LogP contribution < -0.4 is 4.74 Å². The molecule has 2 aromatic rings. The van der Waals surface area contributed by atoms with Gasteiger partial charge in [-0.15, -0.1) is 0 Å². The van der Waals surface area contributed by atoms with Crippen molar-refractivity contribution in [3.63, 3.8) is 0 Å². The second-order valence-corrected chi connectivity index (χ2v) is 4.31. The molecule has 0 heterocycles. The molecule has 1 N–H and O–H groups in total. The summed E-state index contributed by atoms with van der Waals surface area (Å²) in [7, 11) is 0. The summed E-state index contributed by atoms with van der Waals surface area (Å²) in [4.78, 5) is 0. The normalized spacial score (nSPS) is 11.3. The fourth-order valence-corrected chi connectivity index (χ4v) is 1.75. The van der Waals surface area contributed by atoms with Crippen molar-refractivity contribution < 1.29 is 14.2 Å². The zero-order valence-corrected chi connectivity index (χ0v) is 11.1. The Hall–Kier alpha value is -2.31. The van der Waals surface area contributed by atoms with E-state index < -0.39 is 11.9 Å². The van der Waals surface area contributed by atoms with Gasteiger partial charge in [0.1, 0.15) is 18.2 Å². The van der Waals surface area contributed by atoms with E-state index in [1.807, 2.05) is 30.3 Å². The molecule has 3 heteroatoms. The lowest BCUT2D eigenvalue weighted by Crippen LogP contribution is -2.01. The Morgan fingerprint density at radius 1 is 1.20 bits per heavy atom. The first-order chi connectivity index (χ1) is 9.66. The van der Waals surface area contributed by atoms with Crippen LogP contribution in [-0.2, 0) is 0 Å². The molecule has 1 unspecified atom stereocenters. The van der Waals surface area contributed by atoms with Gasteiger partial charge in [0.05, 0.1) is 6.10 Å². The summed E-state index contributed by atoms with van der Waals surface area (Å²) < 4.78 is 18.6. The van der Waals surface area contributed by atoms with Crippen LogP contribution in [0, 0.1) is 17.7 Å². The Morgan fingerprint density at radius 2 is 1.95 bits per heavy atom. The second-order valence-electron chi connectivity index (χ2n) is 4.31. The van der Waals surface area contributed by atoms with Crippen LogP contribution >= 0.6 is 0 Å². The van der Waals surface area contributed by atoms with Gasteiger partial charge in [0, 0.05) is 17.2 Å². The van der Waals surface area contributed by atoms with Gasteiger partial charge in [-0.05, 0) is 31.2 Å². The zero-order chi connectivity index (χ0) is 14.4. The maximum atomic E-state index is 13.2. The molecule has 0 fully saturated rings. The summed E-state index contributed by atoms with van der Waals surface area (Å²) in [5.74, 6) is 5.73. The average Bonchev–Trinajstić information content (AvgIpc) is 2.44. The molecule has 0 aliphatic heterocycles. The molecule has 0 amide bonds. The van der Waals surface area contributed by atoms with Crippen LogP contribution in [0.4, 0.5) is 4.39 Å². The third-order valence-corrected chi connectivity index (χ3v) is 2.73. The van der Waals surface area contributed by atoms with Gasteiger partial charge in [-0.1, -0.05) is 30.0 Å². The first kappa shape index (κ1) is 14.1. The molecule has 0 saturated heterocycles. The molecule has 0 aliphatic rings. The van der Waals surface area contributed by atoms with Crippen LogP contribution in [0.1, 0.15) is 24.2 Å². The molecule has 2 nitrogen and oxygen atoms in total. The Morgan fingerprint density at radius 3 is 2.65 bits per heavy atom. The summed E-state index contributed by atoms with van der Waals surface area (Å²) in [5, 5.41) is 9.59. The van der Waals surface area contributed by atoms with Gasteiger partial charge in [-0.25, -0.2) is 4.39 Å². The number of hydrogen-bond donors (Lipinski definition) is 1. The third kappa shape index (κ3) is 3.84. The highest BCUT2D eigenvalue weighted by Gasteiger charge is 2.09. The predicted octanol–water partition coefficient (Wildman–Crippen LogP) is 3.31. The Balaban J connectivity index is 2.05. The number of halogens is 1. The Kier molecular flexibility index (Phi) is 4.75. The summed E-state index contributed by atoms with van der Waals surface area (Å²) in [5.41, 5.74) is 1.44. The molecule has 102 valence electrons. The Labute approximate surface area is 117 Å². The topological polar surface area (TPSA) is 29.5 Å². The lowest BCUT2D eigenvalue weighted by molar-refractivity contribution is 0.193. The van der Waals surface area contributed by atoms with Gasteiger partial charge in [0.2, 0.25) is 0 Å². The van der Waals surface area contributed by atoms with Crippen molar-refractivity contribution in [2.45, 2.75) is 13.0 Å². The van der Waals surface area contributed by atoms with Crippen LogP contribution in [-0.4, -0.2) is 11.7 Å². The van der Waals surface area contributed by atoms with Crippen LogP contribution in [0.15, 0.2) is 48.5 Å². The van der Waals surface area contributed by atoms with Crippen molar-refractivity contribution in [1.82, 2.24) is 0 Å². The van der Waals surface area contributed by atoms with Gasteiger partial charge >= 0.3 is 0 Å². The lowest BCUT2D eigenvalue weighted by atomic mass is 10.1. The van der Waals surface area contributed by atoms with Crippen molar-refractivity contribution in [1.29, 1.82) is 0 Å². The van der Waals surface area contributed by atoms with E-state index in [1.54, 1.807) is 6.92 Å². The highest BCUT2D eigenvalue weighted by molar-refractivity contribution is 5.37. The fourth-order valence-electron chi connectivity index (χ4n) is 1.75. The third-order valence-electron chi connectivity index (χ3n) is 2.73. The van der Waals surface area contributed by atoms with Gasteiger partial charge in [-0.2, -0.15) is 0 Å². The SMILES string of the molecule is CC(O)c1ccc(F)cc1OCC#Cc1ccccc1. The number of aliphatic hydroxyl groups is 1. The minimum atomic E-state index is -0.715. The predicted molar refractivity (Wildman–Crippen MR) is 75.8 cm³/mol. The average molecular weight is 270 g/mol. The molecule has 1 atom stereocenters. The van der Waals surface area contributed by atoms with E-state index >= 15 is 0 Å². The van der Waals surface area contributed by atoms with E-state index in [9.17, 15) is 9.50 Å². The van der Waals surface area contributed by atoms with Crippen LogP contribution in [0.5, 0.6) is 5.75 Å². The van der Waals surface area contributed by atoms with E-state index in [1.165, 1.54) is 18.2 Å². The van der Waals surface area contributed by atoms with Crippen molar-refractivity contribution in [2.75, 3.05) is 6.61 Å². The summed E-state index contributed by atoms with van der Waals surface area (Å²) in [6, 6.07) is 13.6. The number of hydrogen-bond acceptors (Lipinski definition) is 2. The van der Waals surface area contributed by atoms with E-state index in [2.05, 4.69) is 11.8 Å². The molecular weight excluding hydrogens is 255 g/mol. The number of rotatable bonds is 3. The first-order valence-electron chi connectivity index (χ1n) is 6.31. The molecule has 2 aromatic carbocycles. The molecule has 2 rings (SSSR count). The Bertz CT molecular complexity index is 624. The zero-order valence-electron chi connectivity index (χ0n) is 11.1. The van der Waals surface area contributed by atoms with E-state index in [0.717, 1.165) is 5.56 Å². The highest BCUT2D eigenvalue weighted by atomic mass is 19.1. The molecular formula is C17H15FO2. The number of benzene rings is 2. The second kappa shape index (κ2) is 6.74. The monoisotopic (exact) mass is 270 g/mol. The standard InChI is InChI=1S/C17H15FO2/c1-13(19)16-10-9-15(18)12-17(16)20-11-5-8-14-6-3-2-4-7-14/h2-4,6-7,9-10,12-13,19H,11H2,1H3. The molecule has 0 aliphatic carbocycles. The van der Waals surface area contributed by atoms with E-state index in [4.69, 9.17) is 4.74 Å². The quantitative estimate of drug-likeness (QED) is 0.867. The van der Waals surface area contributed by atoms with Crippen LogP contribution in [0.2, 0.25) is 0 Å². The van der Waals surface area contributed by atoms with Crippen molar-refractivity contribution >= 4 is 0 Å². The largest absolute Gasteiger partial charge is 0.480 e. The minimum Gasteiger partial charge on any atom is -0.480 e. The maximum Gasteiger partial charge on any atom is 0.149 e. The molecule has 0 spiro atoms. The van der Waals surface area contributed by atoms with Crippen molar-refractivity contribution in [2.24, 2.45) is 0 Å². The smallest absolute Gasteiger partial charge is 0.149 e. The van der Waals surface area contributed by atoms with E-state index in [0.29, 0.717) is 11.3 Å². The summed E-state index contributed by atoms with van der Waals surface area (Å²) in [6.45, 7) is 1.74. The maximum absolute atomic E-state index is 13.2. The number of ether oxygens (including phenoxy) is 1. The van der Waals surface area contributed by atoms with Gasteiger partial charge in [0.25, 0.3) is 0 Å².